The SMILES string of the molecule is O=C(NC1C2CC1C2)c1ccc2nc(-c3ccccc3)cn2c1. The number of fused-ring (bicyclic) bond motifs is 1. The summed E-state index contributed by atoms with van der Waals surface area (Å²) in [5, 5.41) is 3.16. The quantitative estimate of drug-likeness (QED) is 0.808. The van der Waals surface area contributed by atoms with Gasteiger partial charge in [-0.25, -0.2) is 4.98 Å². The molecule has 1 aromatic carbocycles. The smallest absolute Gasteiger partial charge is 0.253 e. The second-order valence-electron chi connectivity index (χ2n) is 6.67. The Morgan fingerprint density at radius 1 is 1.04 bits per heavy atom. The average molecular weight is 303 g/mol. The Balaban J connectivity index is 1.43. The number of carbonyl (C=O) groups is 1. The van der Waals surface area contributed by atoms with Crippen LogP contribution in [0.1, 0.15) is 23.2 Å². The lowest BCUT2D eigenvalue weighted by atomic mass is 9.52. The van der Waals surface area contributed by atoms with Crippen molar-refractivity contribution in [3.8, 4) is 11.3 Å². The van der Waals surface area contributed by atoms with Gasteiger partial charge in [0.1, 0.15) is 5.65 Å². The van der Waals surface area contributed by atoms with Gasteiger partial charge in [-0.3, -0.25) is 4.79 Å². The van der Waals surface area contributed by atoms with Crippen LogP contribution in [-0.2, 0) is 0 Å². The van der Waals surface area contributed by atoms with Crippen LogP contribution in [0.15, 0.2) is 54.9 Å². The highest BCUT2D eigenvalue weighted by Crippen LogP contribution is 2.53. The van der Waals surface area contributed by atoms with E-state index in [2.05, 4.69) is 10.3 Å². The number of hydrogen-bond donors (Lipinski definition) is 1. The van der Waals surface area contributed by atoms with Crippen LogP contribution in [0.5, 0.6) is 0 Å². The van der Waals surface area contributed by atoms with Gasteiger partial charge in [-0.1, -0.05) is 30.3 Å². The molecule has 2 aromatic heterocycles. The largest absolute Gasteiger partial charge is 0.349 e. The van der Waals surface area contributed by atoms with Crippen molar-refractivity contribution in [3.05, 3.63) is 60.4 Å². The molecule has 2 bridgehead atoms. The summed E-state index contributed by atoms with van der Waals surface area (Å²) >= 11 is 0. The standard InChI is InChI=1S/C19H17N3O/c23-19(21-18-14-8-15(18)9-14)13-6-7-17-20-16(11-22(17)10-13)12-4-2-1-3-5-12/h1-7,10-11,14-15,18H,8-9H2,(H,21,23). The van der Waals surface area contributed by atoms with E-state index in [9.17, 15) is 4.79 Å². The molecule has 4 nitrogen and oxygen atoms in total. The summed E-state index contributed by atoms with van der Waals surface area (Å²) in [6, 6.07) is 14.3. The molecule has 0 aliphatic heterocycles. The maximum absolute atomic E-state index is 12.4. The summed E-state index contributed by atoms with van der Waals surface area (Å²) in [5.74, 6) is 1.48. The molecule has 3 aliphatic carbocycles. The van der Waals surface area contributed by atoms with Crippen molar-refractivity contribution in [3.63, 3.8) is 0 Å². The Morgan fingerprint density at radius 2 is 1.83 bits per heavy atom. The van der Waals surface area contributed by atoms with E-state index in [1.165, 1.54) is 12.8 Å². The Bertz CT molecular complexity index is 885. The number of nitrogens with one attached hydrogen (secondary N) is 1. The summed E-state index contributed by atoms with van der Waals surface area (Å²) in [6.45, 7) is 0. The fourth-order valence-electron chi connectivity index (χ4n) is 3.63. The minimum atomic E-state index is 0.0289. The van der Waals surface area contributed by atoms with Crippen molar-refractivity contribution in [2.45, 2.75) is 18.9 Å². The van der Waals surface area contributed by atoms with Gasteiger partial charge in [0.2, 0.25) is 0 Å². The molecule has 3 fully saturated rings. The van der Waals surface area contributed by atoms with Crippen molar-refractivity contribution < 1.29 is 4.79 Å². The predicted molar refractivity (Wildman–Crippen MR) is 88.1 cm³/mol. The maximum Gasteiger partial charge on any atom is 0.253 e. The van der Waals surface area contributed by atoms with Crippen molar-refractivity contribution >= 4 is 11.6 Å². The lowest BCUT2D eigenvalue weighted by Crippen LogP contribution is -2.63. The minimum absolute atomic E-state index is 0.0289. The van der Waals surface area contributed by atoms with Gasteiger partial charge in [-0.15, -0.1) is 0 Å². The maximum atomic E-state index is 12.4. The van der Waals surface area contributed by atoms with Crippen LogP contribution in [0.3, 0.4) is 0 Å². The van der Waals surface area contributed by atoms with Crippen LogP contribution in [0, 0.1) is 11.8 Å². The van der Waals surface area contributed by atoms with Gasteiger partial charge < -0.3 is 9.72 Å². The first kappa shape index (κ1) is 12.9. The van der Waals surface area contributed by atoms with Crippen LogP contribution in [0.2, 0.25) is 0 Å². The van der Waals surface area contributed by atoms with Crippen LogP contribution in [-0.4, -0.2) is 21.3 Å². The van der Waals surface area contributed by atoms with Gasteiger partial charge in [0.15, 0.2) is 0 Å². The van der Waals surface area contributed by atoms with Crippen molar-refractivity contribution in [2.75, 3.05) is 0 Å². The molecule has 0 saturated heterocycles. The average Bonchev–Trinajstić information content (AvgIpc) is 2.94. The fraction of sp³-hybridized carbons (Fsp3) is 0.263. The molecule has 0 radical (unpaired) electrons. The fourth-order valence-corrected chi connectivity index (χ4v) is 3.63. The number of amides is 1. The molecule has 1 N–H and O–H groups in total. The zero-order valence-corrected chi connectivity index (χ0v) is 12.6. The van der Waals surface area contributed by atoms with E-state index in [1.807, 2.05) is 59.3 Å². The first-order valence-corrected chi connectivity index (χ1v) is 8.13. The molecule has 0 unspecified atom stereocenters. The molecule has 0 atom stereocenters. The Kier molecular flexibility index (Phi) is 2.62. The summed E-state index contributed by atoms with van der Waals surface area (Å²) in [4.78, 5) is 17.0. The predicted octanol–water partition coefficient (Wildman–Crippen LogP) is 3.14. The molecule has 4 heteroatoms. The highest BCUT2D eigenvalue weighted by Gasteiger charge is 2.53. The van der Waals surface area contributed by atoms with E-state index < -0.39 is 0 Å². The van der Waals surface area contributed by atoms with E-state index in [-0.39, 0.29) is 5.91 Å². The Labute approximate surface area is 134 Å². The molecule has 3 aromatic rings. The number of nitrogens with zero attached hydrogens (tertiary/aromatic N) is 2. The Hall–Kier alpha value is -2.62. The van der Waals surface area contributed by atoms with Gasteiger partial charge in [-0.05, 0) is 36.8 Å². The lowest BCUT2D eigenvalue weighted by molar-refractivity contribution is -0.0366. The zero-order valence-electron chi connectivity index (χ0n) is 12.6. The molecule has 3 aliphatic rings. The number of benzene rings is 1. The molecule has 3 saturated carbocycles. The third-order valence-electron chi connectivity index (χ3n) is 5.31. The monoisotopic (exact) mass is 303 g/mol. The van der Waals surface area contributed by atoms with E-state index in [0.29, 0.717) is 11.6 Å². The molecule has 6 rings (SSSR count). The summed E-state index contributed by atoms with van der Waals surface area (Å²) in [7, 11) is 0. The number of pyridine rings is 1. The van der Waals surface area contributed by atoms with Gasteiger partial charge in [-0.2, -0.15) is 0 Å². The Morgan fingerprint density at radius 3 is 2.52 bits per heavy atom. The molecule has 0 spiro atoms. The van der Waals surface area contributed by atoms with E-state index in [4.69, 9.17) is 0 Å². The zero-order chi connectivity index (χ0) is 15.4. The number of imidazole rings is 1. The van der Waals surface area contributed by atoms with Gasteiger partial charge in [0.25, 0.3) is 5.91 Å². The highest BCUT2D eigenvalue weighted by molar-refractivity contribution is 5.94. The summed E-state index contributed by atoms with van der Waals surface area (Å²) in [6.07, 6.45) is 6.44. The van der Waals surface area contributed by atoms with Crippen LogP contribution in [0.4, 0.5) is 0 Å². The van der Waals surface area contributed by atoms with Crippen LogP contribution < -0.4 is 5.32 Å². The molecular formula is C19H17N3O. The topological polar surface area (TPSA) is 46.4 Å². The number of aromatic nitrogens is 2. The van der Waals surface area contributed by atoms with E-state index in [0.717, 1.165) is 28.7 Å². The van der Waals surface area contributed by atoms with E-state index in [1.54, 1.807) is 0 Å². The highest BCUT2D eigenvalue weighted by atomic mass is 16.1. The third-order valence-corrected chi connectivity index (χ3v) is 5.31. The first-order valence-electron chi connectivity index (χ1n) is 8.13. The van der Waals surface area contributed by atoms with Gasteiger partial charge >= 0.3 is 0 Å². The molecule has 2 heterocycles. The minimum Gasteiger partial charge on any atom is -0.349 e. The summed E-state index contributed by atoms with van der Waals surface area (Å²) < 4.78 is 1.93. The van der Waals surface area contributed by atoms with Crippen molar-refractivity contribution in [1.29, 1.82) is 0 Å². The normalized spacial score (nSPS) is 24.8. The lowest BCUT2D eigenvalue weighted by Gasteiger charge is -2.58. The van der Waals surface area contributed by atoms with Crippen LogP contribution >= 0.6 is 0 Å². The van der Waals surface area contributed by atoms with Crippen molar-refractivity contribution in [1.82, 2.24) is 14.7 Å². The number of rotatable bonds is 3. The molecule has 23 heavy (non-hydrogen) atoms. The number of hydrogen-bond acceptors (Lipinski definition) is 2. The molecule has 114 valence electrons. The van der Waals surface area contributed by atoms with Gasteiger partial charge in [0, 0.05) is 24.0 Å². The molecule has 1 amide bonds. The van der Waals surface area contributed by atoms with Gasteiger partial charge in [0.05, 0.1) is 11.3 Å². The second-order valence-corrected chi connectivity index (χ2v) is 6.67. The second kappa shape index (κ2) is 4.69. The van der Waals surface area contributed by atoms with Crippen LogP contribution in [0.25, 0.3) is 16.9 Å². The van der Waals surface area contributed by atoms with E-state index >= 15 is 0 Å². The number of carbonyl (C=O) groups excluding carboxylic acids is 1. The van der Waals surface area contributed by atoms with Crippen molar-refractivity contribution in [2.24, 2.45) is 11.8 Å². The summed E-state index contributed by atoms with van der Waals surface area (Å²) in [5.41, 5.74) is 3.55. The first-order chi connectivity index (χ1) is 11.3. The third kappa shape index (κ3) is 1.98. The molecular weight excluding hydrogens is 286 g/mol.